The Kier molecular flexibility index (Phi) is 7.55. The number of hydrogen-bond acceptors (Lipinski definition) is 5. The van der Waals surface area contributed by atoms with Crippen molar-refractivity contribution in [3.05, 3.63) is 111 Å². The Balaban J connectivity index is 1.62. The number of aryl methyl sites for hydroxylation is 3. The van der Waals surface area contributed by atoms with Gasteiger partial charge in [0.1, 0.15) is 5.60 Å². The van der Waals surface area contributed by atoms with Crippen LogP contribution in [0.25, 0.3) is 39.3 Å². The lowest BCUT2D eigenvalue weighted by Crippen LogP contribution is -2.25. The molecule has 3 atom stereocenters. The van der Waals surface area contributed by atoms with Crippen LogP contribution in [0.5, 0.6) is 0 Å². The quantitative estimate of drug-likeness (QED) is 0.187. The fourth-order valence-corrected chi connectivity index (χ4v) is 8.02. The van der Waals surface area contributed by atoms with E-state index in [1.54, 1.807) is 0 Å². The van der Waals surface area contributed by atoms with Gasteiger partial charge in [0, 0.05) is 74.8 Å². The number of carbonyl (C=O) groups is 1. The van der Waals surface area contributed by atoms with Crippen LogP contribution in [0, 0.1) is 13.8 Å². The van der Waals surface area contributed by atoms with Crippen LogP contribution >= 0.6 is 0 Å². The van der Waals surface area contributed by atoms with E-state index in [2.05, 4.69) is 69.4 Å². The lowest BCUT2D eigenvalue weighted by atomic mass is 9.83. The Bertz CT molecular complexity index is 2150. The number of methoxy groups -OCH3 is 1. The summed E-state index contributed by atoms with van der Waals surface area (Å²) in [6.07, 6.45) is 3.98. The zero-order valence-electron chi connectivity index (χ0n) is 28.0. The highest BCUT2D eigenvalue weighted by Crippen LogP contribution is 2.54. The summed E-state index contributed by atoms with van der Waals surface area (Å²) in [5.41, 5.74) is 14.3. The Morgan fingerprint density at radius 3 is 2.47 bits per heavy atom. The topological polar surface area (TPSA) is 104 Å². The van der Waals surface area contributed by atoms with Gasteiger partial charge in [0.2, 0.25) is 0 Å². The van der Waals surface area contributed by atoms with E-state index < -0.39 is 5.60 Å². The third-order valence-electron chi connectivity index (χ3n) is 10.7. The van der Waals surface area contributed by atoms with Crippen LogP contribution in [0.15, 0.2) is 55.1 Å². The number of rotatable bonds is 6. The summed E-state index contributed by atoms with van der Waals surface area (Å²) in [6, 6.07) is 16.3. The first-order valence-electron chi connectivity index (χ1n) is 16.5. The van der Waals surface area contributed by atoms with Gasteiger partial charge < -0.3 is 19.8 Å². The van der Waals surface area contributed by atoms with E-state index in [1.807, 2.05) is 36.4 Å². The van der Waals surface area contributed by atoms with Gasteiger partial charge in [0.15, 0.2) is 0 Å². The maximum Gasteiger partial charge on any atom is 0.305 e. The van der Waals surface area contributed by atoms with Crippen molar-refractivity contribution in [1.82, 2.24) is 19.9 Å². The largest absolute Gasteiger partial charge is 0.469 e. The van der Waals surface area contributed by atoms with Crippen LogP contribution in [0.1, 0.15) is 102 Å². The fraction of sp³-hybridized carbons (Fsp3) is 0.325. The van der Waals surface area contributed by atoms with Gasteiger partial charge in [0.25, 0.3) is 0 Å². The minimum Gasteiger partial charge on any atom is -0.469 e. The normalized spacial score (nSPS) is 20.1. The molecule has 7 heteroatoms. The average Bonchev–Trinajstić information content (AvgIpc) is 3.82. The Morgan fingerprint density at radius 1 is 1.04 bits per heavy atom. The molecule has 0 spiro atoms. The van der Waals surface area contributed by atoms with Crippen molar-refractivity contribution >= 4 is 45.3 Å². The van der Waals surface area contributed by atoms with Crippen molar-refractivity contribution in [3.8, 4) is 0 Å². The van der Waals surface area contributed by atoms with Gasteiger partial charge in [-0.15, -0.1) is 0 Å². The number of H-pyrrole nitrogens is 2. The first-order chi connectivity index (χ1) is 22.6. The van der Waals surface area contributed by atoms with Gasteiger partial charge in [-0.25, -0.2) is 4.98 Å². The molecule has 1 aromatic carbocycles. The molecule has 2 aliphatic heterocycles. The highest BCUT2D eigenvalue weighted by atomic mass is 16.5. The number of carbonyl (C=O) groups excluding carboxylic acids is 1. The third-order valence-corrected chi connectivity index (χ3v) is 10.7. The molecule has 7 rings (SSSR count). The molecule has 8 bridgehead atoms. The molecular formula is C40H42N4O3. The highest BCUT2D eigenvalue weighted by Gasteiger charge is 2.48. The number of aromatic nitrogens is 4. The number of ether oxygens (including phenoxy) is 1. The molecule has 240 valence electrons. The fourth-order valence-electron chi connectivity index (χ4n) is 8.02. The molecule has 7 nitrogen and oxygen atoms in total. The molecule has 3 aromatic heterocycles. The molecule has 0 radical (unpaired) electrons. The predicted octanol–water partition coefficient (Wildman–Crippen LogP) is 8.35. The summed E-state index contributed by atoms with van der Waals surface area (Å²) < 4.78 is 5.04. The van der Waals surface area contributed by atoms with Crippen molar-refractivity contribution in [3.63, 3.8) is 0 Å². The number of nitrogens with zero attached hydrogens (tertiary/aromatic N) is 2. The van der Waals surface area contributed by atoms with Crippen molar-refractivity contribution in [2.75, 3.05) is 7.11 Å². The molecular weight excluding hydrogens is 584 g/mol. The van der Waals surface area contributed by atoms with E-state index in [0.29, 0.717) is 12.8 Å². The Hall–Kier alpha value is -4.75. The van der Waals surface area contributed by atoms with Crippen LogP contribution in [-0.2, 0) is 28.0 Å². The number of fused-ring (bicyclic) bond motifs is 8. The zero-order chi connectivity index (χ0) is 33.2. The smallest absolute Gasteiger partial charge is 0.305 e. The minimum absolute atomic E-state index is 0.0241. The summed E-state index contributed by atoms with van der Waals surface area (Å²) in [7, 11) is 1.43. The minimum atomic E-state index is -1.27. The molecule has 0 saturated heterocycles. The van der Waals surface area contributed by atoms with Crippen LogP contribution in [0.2, 0.25) is 0 Å². The number of benzene rings is 1. The second-order valence-corrected chi connectivity index (χ2v) is 13.2. The summed E-state index contributed by atoms with van der Waals surface area (Å²) >= 11 is 0. The molecule has 5 heterocycles. The van der Waals surface area contributed by atoms with E-state index >= 15 is 0 Å². The van der Waals surface area contributed by atoms with Crippen LogP contribution in [0.4, 0.5) is 0 Å². The van der Waals surface area contributed by atoms with E-state index in [9.17, 15) is 9.90 Å². The molecule has 0 amide bonds. The SMILES string of the molecule is C=Cc1c(C)c2cc3nc(c4c5nc(cc6[nH]c(cc1[nH]2)c(C)c6CC)C(C)=C5[C@](O)(c1ccccc1)C4)[C@@H](CCC(=O)OC)[C@@H]3C. The summed E-state index contributed by atoms with van der Waals surface area (Å²) in [4.78, 5) is 30.4. The number of nitrogens with one attached hydrogen (secondary N) is 2. The average molecular weight is 627 g/mol. The number of esters is 1. The van der Waals surface area contributed by atoms with Gasteiger partial charge in [-0.2, -0.15) is 0 Å². The van der Waals surface area contributed by atoms with Gasteiger partial charge in [-0.3, -0.25) is 9.78 Å². The van der Waals surface area contributed by atoms with E-state index in [0.717, 1.165) is 84.7 Å². The van der Waals surface area contributed by atoms with Gasteiger partial charge in [-0.05, 0) is 79.6 Å². The molecule has 0 fully saturated rings. The Labute approximate surface area is 275 Å². The monoisotopic (exact) mass is 626 g/mol. The standard InChI is InChI=1S/C40H42N4O3/c1-8-26-21(3)30-17-32-23(5)28(15-16-36(45)47-7)38(43-32)29-20-40(46,25-13-11-10-12-14-25)37-24(6)33(44-39(29)37)19-35-27(9-2)22(4)31(42-35)18-34(26)41-30/h8,10-14,17-19,23,28,41-42,46H,1,9,15-16,20H2,2-7H3/t23-,28-,40+/m0/s1. The van der Waals surface area contributed by atoms with Crippen molar-refractivity contribution in [1.29, 1.82) is 0 Å². The highest BCUT2D eigenvalue weighted by molar-refractivity contribution is 5.99. The second-order valence-electron chi connectivity index (χ2n) is 13.2. The van der Waals surface area contributed by atoms with E-state index in [-0.39, 0.29) is 24.2 Å². The molecule has 3 N–H and O–H groups in total. The van der Waals surface area contributed by atoms with E-state index in [1.165, 1.54) is 18.2 Å². The van der Waals surface area contributed by atoms with Crippen molar-refractivity contribution < 1.29 is 14.6 Å². The molecule has 0 saturated carbocycles. The zero-order valence-corrected chi connectivity index (χ0v) is 28.0. The predicted molar refractivity (Wildman–Crippen MR) is 189 cm³/mol. The first kappa shape index (κ1) is 30.9. The summed E-state index contributed by atoms with van der Waals surface area (Å²) in [6.45, 7) is 14.8. The van der Waals surface area contributed by atoms with Gasteiger partial charge in [-0.1, -0.05) is 56.8 Å². The number of allylic oxidation sites excluding steroid dienone is 1. The maximum absolute atomic E-state index is 12.7. The molecule has 47 heavy (non-hydrogen) atoms. The van der Waals surface area contributed by atoms with Gasteiger partial charge in [0.05, 0.1) is 18.5 Å². The third kappa shape index (κ3) is 4.78. The number of aliphatic hydroxyl groups is 1. The van der Waals surface area contributed by atoms with Crippen LogP contribution in [-0.4, -0.2) is 38.1 Å². The van der Waals surface area contributed by atoms with E-state index in [4.69, 9.17) is 14.7 Å². The number of hydrogen-bond donors (Lipinski definition) is 3. The lowest BCUT2D eigenvalue weighted by Gasteiger charge is -2.26. The molecule has 1 aliphatic carbocycles. The Morgan fingerprint density at radius 2 is 1.77 bits per heavy atom. The van der Waals surface area contributed by atoms with Gasteiger partial charge >= 0.3 is 5.97 Å². The summed E-state index contributed by atoms with van der Waals surface area (Å²) in [5.74, 6) is -0.273. The van der Waals surface area contributed by atoms with Crippen molar-refractivity contribution in [2.24, 2.45) is 0 Å². The van der Waals surface area contributed by atoms with Crippen LogP contribution in [0.3, 0.4) is 0 Å². The second kappa shape index (κ2) is 11.5. The maximum atomic E-state index is 12.7. The lowest BCUT2D eigenvalue weighted by molar-refractivity contribution is -0.140. The summed E-state index contributed by atoms with van der Waals surface area (Å²) in [5, 5.41) is 12.7. The van der Waals surface area contributed by atoms with Crippen LogP contribution < -0.4 is 0 Å². The first-order valence-corrected chi connectivity index (χ1v) is 16.5. The number of aromatic amines is 2. The molecule has 0 unspecified atom stereocenters. The molecule has 4 aromatic rings. The van der Waals surface area contributed by atoms with Crippen molar-refractivity contribution in [2.45, 2.75) is 77.7 Å². The molecule has 3 aliphatic rings.